The number of nitrogens with two attached hydrogens (primary N) is 1. The normalized spacial score (nSPS) is 27.1. The summed E-state index contributed by atoms with van der Waals surface area (Å²) in [5.74, 6) is -2.80. The van der Waals surface area contributed by atoms with Crippen LogP contribution in [-0.4, -0.2) is 44.3 Å². The number of imidazole rings is 1. The second-order valence-electron chi connectivity index (χ2n) is 9.83. The highest BCUT2D eigenvalue weighted by Gasteiger charge is 2.56. The third-order valence-electron chi connectivity index (χ3n) is 7.40. The molecule has 178 valence electrons. The molecule has 4 N–H and O–H groups in total. The molecule has 1 saturated heterocycles. The molecule has 8 nitrogen and oxygen atoms in total. The van der Waals surface area contributed by atoms with Gasteiger partial charge in [-0.2, -0.15) is 18.3 Å². The summed E-state index contributed by atoms with van der Waals surface area (Å²) in [5.41, 5.74) is 5.79. The van der Waals surface area contributed by atoms with Crippen LogP contribution in [0.25, 0.3) is 5.65 Å². The number of carboxylic acids is 1. The van der Waals surface area contributed by atoms with E-state index in [4.69, 9.17) is 5.73 Å². The van der Waals surface area contributed by atoms with Crippen LogP contribution in [0.3, 0.4) is 0 Å². The molecule has 1 aliphatic heterocycles. The molecule has 3 fully saturated rings. The predicted molar refractivity (Wildman–Crippen MR) is 110 cm³/mol. The van der Waals surface area contributed by atoms with Crippen LogP contribution >= 0.6 is 0 Å². The fourth-order valence-corrected chi connectivity index (χ4v) is 5.29. The van der Waals surface area contributed by atoms with Gasteiger partial charge in [-0.3, -0.25) is 9.59 Å². The van der Waals surface area contributed by atoms with E-state index in [0.29, 0.717) is 34.7 Å². The van der Waals surface area contributed by atoms with Gasteiger partial charge in [0.05, 0.1) is 30.0 Å². The van der Waals surface area contributed by atoms with Gasteiger partial charge in [0.1, 0.15) is 0 Å². The standard InChI is InChI=1S/C22H26F3N5O3/c23-22(24,25)14-7-21(20(32)33,19(31)27-9-14)6-11-5-16-29-15(10-30(16)28-8-11)18(26)17(12-1-2-12)13-3-4-13/h5,8,10,12-14,17-18H,1-4,6-7,9,26H2,(H,27,31)(H,32,33)/t14-,18?,21?/m0/s1. The monoisotopic (exact) mass is 465 g/mol. The molecule has 1 amide bonds. The largest absolute Gasteiger partial charge is 0.480 e. The number of aromatic nitrogens is 3. The van der Waals surface area contributed by atoms with Crippen LogP contribution in [0.1, 0.15) is 49.4 Å². The average Bonchev–Trinajstić information content (AvgIpc) is 3.68. The molecule has 2 aliphatic carbocycles. The first-order valence-electron chi connectivity index (χ1n) is 11.3. The molecule has 3 heterocycles. The number of carbonyl (C=O) groups excluding carboxylic acids is 1. The Kier molecular flexibility index (Phi) is 5.15. The highest BCUT2D eigenvalue weighted by Crippen LogP contribution is 2.53. The number of hydrogen-bond acceptors (Lipinski definition) is 5. The van der Waals surface area contributed by atoms with E-state index in [0.717, 1.165) is 0 Å². The Hall–Kier alpha value is -2.69. The summed E-state index contributed by atoms with van der Waals surface area (Å²) in [6, 6.07) is 1.35. The maximum atomic E-state index is 13.3. The molecule has 5 rings (SSSR count). The van der Waals surface area contributed by atoms with Crippen LogP contribution in [0.4, 0.5) is 13.2 Å². The maximum absolute atomic E-state index is 13.3. The molecule has 0 radical (unpaired) electrons. The first-order valence-corrected chi connectivity index (χ1v) is 11.3. The molecular weight excluding hydrogens is 439 g/mol. The van der Waals surface area contributed by atoms with Crippen LogP contribution in [-0.2, 0) is 16.0 Å². The van der Waals surface area contributed by atoms with E-state index in [1.807, 2.05) is 0 Å². The van der Waals surface area contributed by atoms with Crippen molar-refractivity contribution >= 4 is 17.5 Å². The number of fused-ring (bicyclic) bond motifs is 1. The van der Waals surface area contributed by atoms with E-state index in [9.17, 15) is 27.9 Å². The van der Waals surface area contributed by atoms with Gasteiger partial charge in [0.2, 0.25) is 5.91 Å². The lowest BCUT2D eigenvalue weighted by Crippen LogP contribution is -2.57. The molecule has 2 aromatic heterocycles. The lowest BCUT2D eigenvalue weighted by molar-refractivity contribution is -0.194. The fraction of sp³-hybridized carbons (Fsp3) is 0.636. The molecule has 0 aromatic carbocycles. The summed E-state index contributed by atoms with van der Waals surface area (Å²) < 4.78 is 41.4. The van der Waals surface area contributed by atoms with Gasteiger partial charge in [0.25, 0.3) is 0 Å². The second-order valence-corrected chi connectivity index (χ2v) is 9.83. The van der Waals surface area contributed by atoms with Gasteiger partial charge >= 0.3 is 12.1 Å². The van der Waals surface area contributed by atoms with Gasteiger partial charge in [-0.15, -0.1) is 0 Å². The van der Waals surface area contributed by atoms with Gasteiger partial charge in [0, 0.05) is 6.54 Å². The maximum Gasteiger partial charge on any atom is 0.393 e. The first kappa shape index (κ1) is 22.1. The number of nitrogens with one attached hydrogen (secondary N) is 1. The van der Waals surface area contributed by atoms with E-state index in [-0.39, 0.29) is 6.04 Å². The fourth-order valence-electron chi connectivity index (χ4n) is 5.29. The van der Waals surface area contributed by atoms with Crippen LogP contribution in [0.5, 0.6) is 0 Å². The van der Waals surface area contributed by atoms with Crippen molar-refractivity contribution in [3.63, 3.8) is 0 Å². The van der Waals surface area contributed by atoms with Gasteiger partial charge < -0.3 is 16.2 Å². The Balaban J connectivity index is 1.42. The lowest BCUT2D eigenvalue weighted by atomic mass is 9.71. The Morgan fingerprint density at radius 3 is 2.55 bits per heavy atom. The van der Waals surface area contributed by atoms with E-state index in [1.165, 1.54) is 36.4 Å². The van der Waals surface area contributed by atoms with Crippen LogP contribution in [0.15, 0.2) is 18.5 Å². The van der Waals surface area contributed by atoms with E-state index in [2.05, 4.69) is 15.4 Å². The molecule has 33 heavy (non-hydrogen) atoms. The number of amides is 1. The van der Waals surface area contributed by atoms with Gasteiger partial charge in [-0.25, -0.2) is 9.50 Å². The number of halogens is 3. The minimum atomic E-state index is -4.61. The topological polar surface area (TPSA) is 123 Å². The summed E-state index contributed by atoms with van der Waals surface area (Å²) in [6.45, 7) is -0.626. The lowest BCUT2D eigenvalue weighted by Gasteiger charge is -2.37. The van der Waals surface area contributed by atoms with Crippen molar-refractivity contribution in [1.29, 1.82) is 0 Å². The Labute approximate surface area is 187 Å². The number of rotatable bonds is 7. The third kappa shape index (κ3) is 4.07. The minimum absolute atomic E-state index is 0.225. The predicted octanol–water partition coefficient (Wildman–Crippen LogP) is 2.48. The zero-order valence-electron chi connectivity index (χ0n) is 17.9. The molecule has 2 unspecified atom stereocenters. The number of aliphatic carboxylic acids is 1. The van der Waals surface area contributed by atoms with Gasteiger partial charge in [0.15, 0.2) is 11.1 Å². The molecular formula is C22H26F3N5O3. The Morgan fingerprint density at radius 1 is 1.30 bits per heavy atom. The number of carboxylic acid groups (broad SMARTS) is 1. The van der Waals surface area contributed by atoms with Crippen LogP contribution in [0, 0.1) is 29.1 Å². The van der Waals surface area contributed by atoms with E-state index in [1.54, 1.807) is 12.3 Å². The van der Waals surface area contributed by atoms with Crippen LogP contribution in [0.2, 0.25) is 0 Å². The smallest absolute Gasteiger partial charge is 0.393 e. The number of piperidine rings is 1. The number of alkyl halides is 3. The molecule has 2 saturated carbocycles. The van der Waals surface area contributed by atoms with Crippen molar-refractivity contribution < 1.29 is 27.9 Å². The minimum Gasteiger partial charge on any atom is -0.480 e. The molecule has 0 spiro atoms. The summed E-state index contributed by atoms with van der Waals surface area (Å²) in [4.78, 5) is 29.1. The molecule has 11 heteroatoms. The number of nitrogens with zero attached hydrogens (tertiary/aromatic N) is 3. The summed E-state index contributed by atoms with van der Waals surface area (Å²) in [6.07, 6.45) is 2.02. The molecule has 0 bridgehead atoms. The molecule has 2 aromatic rings. The summed E-state index contributed by atoms with van der Waals surface area (Å²) >= 11 is 0. The number of hydrogen-bond donors (Lipinski definition) is 3. The highest BCUT2D eigenvalue weighted by atomic mass is 19.4. The van der Waals surface area contributed by atoms with Crippen LogP contribution < -0.4 is 11.1 Å². The van der Waals surface area contributed by atoms with Crippen molar-refractivity contribution in [1.82, 2.24) is 19.9 Å². The first-order chi connectivity index (χ1) is 15.6. The van der Waals surface area contributed by atoms with Crippen molar-refractivity contribution in [2.75, 3.05) is 6.54 Å². The molecule has 3 atom stereocenters. The Morgan fingerprint density at radius 2 is 1.97 bits per heavy atom. The summed E-state index contributed by atoms with van der Waals surface area (Å²) in [7, 11) is 0. The average molecular weight is 465 g/mol. The van der Waals surface area contributed by atoms with E-state index >= 15 is 0 Å². The second kappa shape index (κ2) is 7.68. The quantitative estimate of drug-likeness (QED) is 0.540. The van der Waals surface area contributed by atoms with Crippen molar-refractivity contribution in [2.24, 2.45) is 34.8 Å². The van der Waals surface area contributed by atoms with Gasteiger partial charge in [-0.1, -0.05) is 0 Å². The van der Waals surface area contributed by atoms with Crippen molar-refractivity contribution in [3.8, 4) is 0 Å². The molecule has 3 aliphatic rings. The zero-order chi connectivity index (χ0) is 23.5. The van der Waals surface area contributed by atoms with E-state index < -0.39 is 48.8 Å². The van der Waals surface area contributed by atoms with Gasteiger partial charge in [-0.05, 0) is 67.9 Å². The SMILES string of the molecule is NC(c1cn2ncc(CC3(C(=O)O)C[C@H](C(F)(F)F)CNC3=O)cc2n1)C(C1CC1)C1CC1. The summed E-state index contributed by atoms with van der Waals surface area (Å²) in [5, 5.41) is 16.2. The third-order valence-corrected chi connectivity index (χ3v) is 7.40. The Bertz CT molecular complexity index is 1080. The van der Waals surface area contributed by atoms with Crippen molar-refractivity contribution in [2.45, 2.75) is 50.7 Å². The zero-order valence-corrected chi connectivity index (χ0v) is 17.9. The van der Waals surface area contributed by atoms with Crippen molar-refractivity contribution in [3.05, 3.63) is 29.7 Å². The highest BCUT2D eigenvalue weighted by molar-refractivity contribution is 6.02. The number of carbonyl (C=O) groups is 2.